The number of aryl methyl sites for hydroxylation is 1. The molecule has 5 nitrogen and oxygen atoms in total. The van der Waals surface area contributed by atoms with Gasteiger partial charge in [-0.05, 0) is 35.9 Å². The smallest absolute Gasteiger partial charge is 0.255 e. The summed E-state index contributed by atoms with van der Waals surface area (Å²) in [4.78, 5) is 17.1. The molecule has 0 radical (unpaired) electrons. The maximum absolute atomic E-state index is 12.8. The number of halogens is 1. The molecule has 4 heterocycles. The first kappa shape index (κ1) is 17.2. The van der Waals surface area contributed by atoms with Gasteiger partial charge in [-0.1, -0.05) is 17.7 Å². The number of nitrogens with zero attached hydrogens (tertiary/aromatic N) is 3. The van der Waals surface area contributed by atoms with E-state index in [2.05, 4.69) is 34.0 Å². The van der Waals surface area contributed by atoms with Gasteiger partial charge in [0.1, 0.15) is 0 Å². The van der Waals surface area contributed by atoms with Gasteiger partial charge in [-0.2, -0.15) is 0 Å². The molecular formula is C22H19ClN4O. The van der Waals surface area contributed by atoms with E-state index in [0.717, 1.165) is 42.0 Å². The topological polar surface area (TPSA) is 51.9 Å². The third-order valence-electron chi connectivity index (χ3n) is 5.48. The van der Waals surface area contributed by atoms with Crippen LogP contribution in [-0.2, 0) is 20.0 Å². The van der Waals surface area contributed by atoms with E-state index in [4.69, 9.17) is 11.6 Å². The molecule has 0 bridgehead atoms. The van der Waals surface area contributed by atoms with E-state index in [-0.39, 0.29) is 5.56 Å². The molecule has 1 N–H and O–H groups in total. The van der Waals surface area contributed by atoms with Gasteiger partial charge in [-0.3, -0.25) is 14.3 Å². The molecule has 0 unspecified atom stereocenters. The molecule has 0 saturated carbocycles. The zero-order valence-electron chi connectivity index (χ0n) is 15.4. The summed E-state index contributed by atoms with van der Waals surface area (Å²) in [6.07, 6.45) is 4.42. The minimum Gasteiger partial charge on any atom is -0.347 e. The van der Waals surface area contributed by atoms with Gasteiger partial charge in [0.25, 0.3) is 5.56 Å². The number of fused-ring (bicyclic) bond motifs is 3. The average Bonchev–Trinajstić information content (AvgIpc) is 3.01. The summed E-state index contributed by atoms with van der Waals surface area (Å²) in [6, 6.07) is 13.3. The van der Waals surface area contributed by atoms with Crippen molar-refractivity contribution in [2.24, 2.45) is 7.05 Å². The van der Waals surface area contributed by atoms with Crippen molar-refractivity contribution in [1.82, 2.24) is 19.4 Å². The molecule has 6 heteroatoms. The fraction of sp³-hybridized carbons (Fsp3) is 0.182. The third kappa shape index (κ3) is 2.75. The van der Waals surface area contributed by atoms with E-state index in [1.54, 1.807) is 29.1 Å². The summed E-state index contributed by atoms with van der Waals surface area (Å²) in [7, 11) is 2.11. The predicted octanol–water partition coefficient (Wildman–Crippen LogP) is 3.69. The van der Waals surface area contributed by atoms with Crippen molar-refractivity contribution in [3.8, 4) is 16.9 Å². The Hall–Kier alpha value is -2.89. The molecular weight excluding hydrogens is 372 g/mol. The highest BCUT2D eigenvalue weighted by atomic mass is 35.5. The van der Waals surface area contributed by atoms with Crippen molar-refractivity contribution in [3.63, 3.8) is 0 Å². The van der Waals surface area contributed by atoms with Gasteiger partial charge < -0.3 is 9.88 Å². The quantitative estimate of drug-likeness (QED) is 0.568. The molecule has 0 aliphatic carbocycles. The molecule has 1 aliphatic rings. The second kappa shape index (κ2) is 6.62. The average molecular weight is 391 g/mol. The van der Waals surface area contributed by atoms with E-state index < -0.39 is 0 Å². The SMILES string of the molecule is Cn1c2c(c3ccc(-n4ccc(-c5ccc(Cl)cn5)cc4=O)cc31)CNCC2. The van der Waals surface area contributed by atoms with Crippen LogP contribution in [-0.4, -0.2) is 20.7 Å². The van der Waals surface area contributed by atoms with Crippen molar-refractivity contribution in [1.29, 1.82) is 0 Å². The summed E-state index contributed by atoms with van der Waals surface area (Å²) in [6.45, 7) is 1.90. The number of hydrogen-bond acceptors (Lipinski definition) is 3. The zero-order chi connectivity index (χ0) is 19.3. The second-order valence-electron chi connectivity index (χ2n) is 7.10. The normalized spacial score (nSPS) is 13.6. The Kier molecular flexibility index (Phi) is 4.07. The Bertz CT molecular complexity index is 1250. The van der Waals surface area contributed by atoms with E-state index >= 15 is 0 Å². The first-order valence-corrected chi connectivity index (χ1v) is 9.65. The molecule has 0 spiro atoms. The van der Waals surface area contributed by atoms with Crippen LogP contribution in [0.5, 0.6) is 0 Å². The number of aromatic nitrogens is 3. The summed E-state index contributed by atoms with van der Waals surface area (Å²) in [5.74, 6) is 0. The van der Waals surface area contributed by atoms with Crippen LogP contribution in [0, 0.1) is 0 Å². The Morgan fingerprint density at radius 2 is 2.04 bits per heavy atom. The Morgan fingerprint density at radius 3 is 2.82 bits per heavy atom. The molecule has 28 heavy (non-hydrogen) atoms. The molecule has 0 fully saturated rings. The van der Waals surface area contributed by atoms with E-state index in [1.807, 2.05) is 18.2 Å². The molecule has 0 atom stereocenters. The van der Waals surface area contributed by atoms with Crippen LogP contribution >= 0.6 is 11.6 Å². The van der Waals surface area contributed by atoms with Crippen molar-refractivity contribution in [2.75, 3.05) is 6.54 Å². The minimum atomic E-state index is -0.0887. The Balaban J connectivity index is 1.59. The van der Waals surface area contributed by atoms with Crippen LogP contribution in [0.4, 0.5) is 0 Å². The maximum Gasteiger partial charge on any atom is 0.255 e. The highest BCUT2D eigenvalue weighted by Crippen LogP contribution is 2.29. The fourth-order valence-electron chi connectivity index (χ4n) is 4.04. The van der Waals surface area contributed by atoms with Crippen molar-refractivity contribution in [2.45, 2.75) is 13.0 Å². The molecule has 5 rings (SSSR count). The lowest BCUT2D eigenvalue weighted by Crippen LogP contribution is -2.24. The Labute approximate surface area is 167 Å². The van der Waals surface area contributed by atoms with Crippen LogP contribution in [0.15, 0.2) is 59.7 Å². The summed E-state index contributed by atoms with van der Waals surface area (Å²) >= 11 is 5.90. The Morgan fingerprint density at radius 1 is 1.14 bits per heavy atom. The van der Waals surface area contributed by atoms with E-state index in [9.17, 15) is 4.79 Å². The molecule has 1 aromatic carbocycles. The number of pyridine rings is 2. The molecule has 4 aromatic rings. The minimum absolute atomic E-state index is 0.0887. The lowest BCUT2D eigenvalue weighted by Gasteiger charge is -2.14. The molecule has 1 aliphatic heterocycles. The van der Waals surface area contributed by atoms with Gasteiger partial charge in [0.15, 0.2) is 0 Å². The van der Waals surface area contributed by atoms with Gasteiger partial charge in [0.05, 0.1) is 21.9 Å². The molecule has 0 saturated heterocycles. The standard InChI is InChI=1S/C22H19ClN4O/c1-26-20-6-8-24-13-18(20)17-4-3-16(11-21(17)26)27-9-7-14(10-22(27)28)19-5-2-15(23)12-25-19/h2-5,7,9-12,24H,6,8,13H2,1H3. The van der Waals surface area contributed by atoms with E-state index in [0.29, 0.717) is 5.02 Å². The van der Waals surface area contributed by atoms with Crippen molar-refractivity contribution < 1.29 is 0 Å². The number of benzene rings is 1. The number of rotatable bonds is 2. The lowest BCUT2D eigenvalue weighted by atomic mass is 10.1. The lowest BCUT2D eigenvalue weighted by molar-refractivity contribution is 0.622. The van der Waals surface area contributed by atoms with Crippen LogP contribution in [0.3, 0.4) is 0 Å². The van der Waals surface area contributed by atoms with Gasteiger partial charge in [-0.15, -0.1) is 0 Å². The van der Waals surface area contributed by atoms with E-state index in [1.165, 1.54) is 16.6 Å². The predicted molar refractivity (Wildman–Crippen MR) is 112 cm³/mol. The largest absolute Gasteiger partial charge is 0.347 e. The first-order chi connectivity index (χ1) is 13.6. The van der Waals surface area contributed by atoms with Crippen molar-refractivity contribution in [3.05, 3.63) is 81.5 Å². The summed E-state index contributed by atoms with van der Waals surface area (Å²) in [5.41, 5.74) is 6.18. The first-order valence-electron chi connectivity index (χ1n) is 9.28. The maximum atomic E-state index is 12.8. The van der Waals surface area contributed by atoms with Crippen LogP contribution in [0.1, 0.15) is 11.3 Å². The van der Waals surface area contributed by atoms with Gasteiger partial charge in [0, 0.05) is 61.7 Å². The number of nitrogens with one attached hydrogen (secondary N) is 1. The fourth-order valence-corrected chi connectivity index (χ4v) is 4.15. The van der Waals surface area contributed by atoms with Crippen LogP contribution in [0.2, 0.25) is 5.02 Å². The summed E-state index contributed by atoms with van der Waals surface area (Å²) in [5, 5.41) is 5.27. The molecule has 0 amide bonds. The zero-order valence-corrected chi connectivity index (χ0v) is 16.2. The van der Waals surface area contributed by atoms with Crippen LogP contribution in [0.25, 0.3) is 27.8 Å². The summed E-state index contributed by atoms with van der Waals surface area (Å²) < 4.78 is 3.93. The van der Waals surface area contributed by atoms with Gasteiger partial charge in [-0.25, -0.2) is 0 Å². The van der Waals surface area contributed by atoms with Crippen LogP contribution < -0.4 is 10.9 Å². The highest BCUT2D eigenvalue weighted by Gasteiger charge is 2.18. The molecule has 3 aromatic heterocycles. The van der Waals surface area contributed by atoms with Gasteiger partial charge in [0.2, 0.25) is 0 Å². The van der Waals surface area contributed by atoms with Crippen molar-refractivity contribution >= 4 is 22.5 Å². The number of hydrogen-bond donors (Lipinski definition) is 1. The molecule has 140 valence electrons. The van der Waals surface area contributed by atoms with Gasteiger partial charge >= 0.3 is 0 Å². The third-order valence-corrected chi connectivity index (χ3v) is 5.71. The highest BCUT2D eigenvalue weighted by molar-refractivity contribution is 6.30. The second-order valence-corrected chi connectivity index (χ2v) is 7.53. The monoisotopic (exact) mass is 390 g/mol.